The molecule has 46 heavy (non-hydrogen) atoms. The molecule has 0 saturated carbocycles. The van der Waals surface area contributed by atoms with Crippen molar-refractivity contribution in [3.8, 4) is 5.75 Å². The number of aliphatic hydroxyl groups excluding tert-OH is 1. The van der Waals surface area contributed by atoms with Crippen LogP contribution in [0.3, 0.4) is 0 Å². The van der Waals surface area contributed by atoms with E-state index in [9.17, 15) is 24.8 Å². The number of nitrogens with zero attached hydrogens (tertiary/aromatic N) is 2. The maximum absolute atomic E-state index is 13.3. The van der Waals surface area contributed by atoms with Gasteiger partial charge in [0.2, 0.25) is 0 Å². The van der Waals surface area contributed by atoms with Crippen LogP contribution in [0.2, 0.25) is 0 Å². The number of unbranched alkanes of at least 4 members (excludes halogenated alkanes) is 3. The van der Waals surface area contributed by atoms with Crippen molar-refractivity contribution in [1.29, 1.82) is 0 Å². The summed E-state index contributed by atoms with van der Waals surface area (Å²) in [6.07, 6.45) is 2.62. The lowest BCUT2D eigenvalue weighted by Crippen LogP contribution is -2.36. The van der Waals surface area contributed by atoms with Gasteiger partial charge in [-0.1, -0.05) is 61.4 Å². The fourth-order valence-corrected chi connectivity index (χ4v) is 5.71. The minimum atomic E-state index is -0.922. The van der Waals surface area contributed by atoms with E-state index in [0.29, 0.717) is 29.9 Å². The number of allylic oxidation sites excluding steroid dienone is 1. The molecule has 0 fully saturated rings. The van der Waals surface area contributed by atoms with Crippen molar-refractivity contribution in [2.24, 2.45) is 10.9 Å². The number of benzene rings is 3. The Morgan fingerprint density at radius 2 is 1.76 bits per heavy atom. The zero-order valence-corrected chi connectivity index (χ0v) is 26.4. The molecule has 4 rings (SSSR count). The van der Waals surface area contributed by atoms with Gasteiger partial charge in [-0.05, 0) is 50.2 Å². The molecular weight excluding hydrogens is 590 g/mol. The smallest absolute Gasteiger partial charge is 0.336 e. The zero-order valence-electron chi connectivity index (χ0n) is 26.4. The first kappa shape index (κ1) is 34.3. The van der Waals surface area contributed by atoms with E-state index in [-0.39, 0.29) is 24.5 Å². The molecule has 244 valence electrons. The third-order valence-electron chi connectivity index (χ3n) is 7.99. The number of rotatable bonds is 16. The average molecular weight is 632 g/mol. The van der Waals surface area contributed by atoms with E-state index < -0.39 is 34.8 Å². The van der Waals surface area contributed by atoms with Crippen molar-refractivity contribution in [3.05, 3.63) is 93.7 Å². The average Bonchev–Trinajstić information content (AvgIpc) is 3.05. The molecule has 0 saturated heterocycles. The first-order chi connectivity index (χ1) is 22.2. The molecule has 0 amide bonds. The van der Waals surface area contributed by atoms with Gasteiger partial charge < -0.3 is 24.6 Å². The molecule has 1 aliphatic rings. The Morgan fingerprint density at radius 1 is 1.02 bits per heavy atom. The summed E-state index contributed by atoms with van der Waals surface area (Å²) in [6, 6.07) is 19.7. The predicted octanol–water partition coefficient (Wildman–Crippen LogP) is 5.50. The molecule has 3 atom stereocenters. The number of esters is 2. The van der Waals surface area contributed by atoms with Crippen molar-refractivity contribution >= 4 is 34.1 Å². The lowest BCUT2D eigenvalue weighted by atomic mass is 9.75. The van der Waals surface area contributed by atoms with Gasteiger partial charge in [-0.3, -0.25) is 19.9 Å². The minimum absolute atomic E-state index is 0.148. The molecule has 11 nitrogen and oxygen atoms in total. The molecule has 2 N–H and O–H groups in total. The Hall–Kier alpha value is -4.61. The van der Waals surface area contributed by atoms with Gasteiger partial charge >= 0.3 is 11.9 Å². The maximum atomic E-state index is 13.3. The van der Waals surface area contributed by atoms with Gasteiger partial charge in [0.1, 0.15) is 24.4 Å². The number of methoxy groups -OCH3 is 1. The SMILES string of the molecule is COC(=O)C1C(C)=NC(C)=C(C(=O)OCCCCCCNCC(O)COc2cccc3ccccc23)C1c1cccc([N+](=O)[O-])c1. The van der Waals surface area contributed by atoms with Crippen LogP contribution in [0.25, 0.3) is 10.8 Å². The largest absolute Gasteiger partial charge is 0.490 e. The summed E-state index contributed by atoms with van der Waals surface area (Å²) in [5.74, 6) is -2.21. The van der Waals surface area contributed by atoms with E-state index in [4.69, 9.17) is 14.2 Å². The van der Waals surface area contributed by atoms with Crippen molar-refractivity contribution in [1.82, 2.24) is 5.32 Å². The van der Waals surface area contributed by atoms with Gasteiger partial charge in [-0.2, -0.15) is 0 Å². The third-order valence-corrected chi connectivity index (χ3v) is 7.99. The van der Waals surface area contributed by atoms with E-state index >= 15 is 0 Å². The minimum Gasteiger partial charge on any atom is -0.490 e. The van der Waals surface area contributed by atoms with Crippen molar-refractivity contribution in [3.63, 3.8) is 0 Å². The molecule has 1 aliphatic heterocycles. The van der Waals surface area contributed by atoms with Crippen LogP contribution in [0.15, 0.2) is 83.0 Å². The van der Waals surface area contributed by atoms with Crippen LogP contribution in [0, 0.1) is 16.0 Å². The van der Waals surface area contributed by atoms with Crippen LogP contribution in [0.4, 0.5) is 5.69 Å². The van der Waals surface area contributed by atoms with E-state index in [0.717, 1.165) is 42.3 Å². The number of ether oxygens (including phenoxy) is 3. The highest BCUT2D eigenvalue weighted by atomic mass is 16.6. The Labute approximate surface area is 268 Å². The lowest BCUT2D eigenvalue weighted by molar-refractivity contribution is -0.384. The number of nitrogens with one attached hydrogen (secondary N) is 1. The second-order valence-electron chi connectivity index (χ2n) is 11.3. The number of carbonyl (C=O) groups excluding carboxylic acids is 2. The number of carbonyl (C=O) groups is 2. The first-order valence-electron chi connectivity index (χ1n) is 15.5. The van der Waals surface area contributed by atoms with Crippen LogP contribution in [-0.4, -0.2) is 67.2 Å². The van der Waals surface area contributed by atoms with E-state index in [1.165, 1.54) is 25.3 Å². The highest BCUT2D eigenvalue weighted by Gasteiger charge is 2.42. The highest BCUT2D eigenvalue weighted by Crippen LogP contribution is 2.41. The monoisotopic (exact) mass is 631 g/mol. The summed E-state index contributed by atoms with van der Waals surface area (Å²) in [5.41, 5.74) is 1.33. The number of aliphatic hydroxyl groups is 1. The Balaban J connectivity index is 1.20. The number of hydrogen-bond donors (Lipinski definition) is 2. The molecule has 0 aliphatic carbocycles. The summed E-state index contributed by atoms with van der Waals surface area (Å²) in [5, 5.41) is 27.1. The molecule has 0 spiro atoms. The molecular formula is C35H41N3O8. The van der Waals surface area contributed by atoms with Gasteiger partial charge in [-0.25, -0.2) is 4.79 Å². The topological polar surface area (TPSA) is 150 Å². The van der Waals surface area contributed by atoms with Crippen LogP contribution in [0.5, 0.6) is 5.75 Å². The highest BCUT2D eigenvalue weighted by molar-refractivity contribution is 6.07. The van der Waals surface area contributed by atoms with Crippen LogP contribution < -0.4 is 10.1 Å². The number of aliphatic imine (C=N–C) groups is 1. The fraction of sp³-hybridized carbons (Fsp3) is 0.400. The van der Waals surface area contributed by atoms with Gasteiger partial charge in [0, 0.05) is 41.4 Å². The van der Waals surface area contributed by atoms with Crippen LogP contribution in [-0.2, 0) is 19.1 Å². The number of nitro groups is 1. The van der Waals surface area contributed by atoms with Crippen LogP contribution >= 0.6 is 0 Å². The molecule has 0 aromatic heterocycles. The number of hydrogen-bond acceptors (Lipinski definition) is 10. The van der Waals surface area contributed by atoms with Crippen molar-refractivity contribution < 1.29 is 33.8 Å². The predicted molar refractivity (Wildman–Crippen MR) is 175 cm³/mol. The second kappa shape index (κ2) is 16.6. The zero-order chi connectivity index (χ0) is 33.1. The molecule has 0 bridgehead atoms. The number of nitro benzene ring substituents is 1. The quantitative estimate of drug-likeness (QED) is 0.0904. The maximum Gasteiger partial charge on any atom is 0.336 e. The molecule has 1 heterocycles. The molecule has 11 heteroatoms. The second-order valence-corrected chi connectivity index (χ2v) is 11.3. The number of non-ortho nitro benzene ring substituents is 1. The Kier molecular flexibility index (Phi) is 12.4. The third kappa shape index (κ3) is 8.76. The van der Waals surface area contributed by atoms with Gasteiger partial charge in [0.15, 0.2) is 0 Å². The summed E-state index contributed by atoms with van der Waals surface area (Å²) < 4.78 is 16.5. The first-order valence-corrected chi connectivity index (χ1v) is 15.5. The van der Waals surface area contributed by atoms with Gasteiger partial charge in [-0.15, -0.1) is 0 Å². The fourth-order valence-electron chi connectivity index (χ4n) is 5.71. The molecule has 3 aromatic rings. The summed E-state index contributed by atoms with van der Waals surface area (Å²) >= 11 is 0. The van der Waals surface area contributed by atoms with Crippen LogP contribution in [0.1, 0.15) is 51.0 Å². The normalized spacial score (nSPS) is 16.9. The molecule has 0 radical (unpaired) electrons. The molecule has 3 unspecified atom stereocenters. The van der Waals surface area contributed by atoms with E-state index in [1.807, 2.05) is 42.5 Å². The number of fused-ring (bicyclic) bond motifs is 1. The van der Waals surface area contributed by atoms with Gasteiger partial charge in [0.25, 0.3) is 5.69 Å². The van der Waals surface area contributed by atoms with E-state index in [2.05, 4.69) is 10.3 Å². The summed E-state index contributed by atoms with van der Waals surface area (Å²) in [6.45, 7) is 4.85. The van der Waals surface area contributed by atoms with Crippen molar-refractivity contribution in [2.75, 3.05) is 33.4 Å². The van der Waals surface area contributed by atoms with Crippen molar-refractivity contribution in [2.45, 2.75) is 51.6 Å². The Bertz CT molecular complexity index is 1600. The molecule has 3 aromatic carbocycles. The summed E-state index contributed by atoms with van der Waals surface area (Å²) in [7, 11) is 1.25. The standard InChI is InChI=1S/C35H41N3O8/c1-23-31(34(40)44-3)33(26-14-10-15-27(20-26)38(42)43)32(24(2)37-23)35(41)45-19-9-5-4-8-18-36-21-28(39)22-46-30-17-11-13-25-12-6-7-16-29(25)30/h6-7,10-17,20,28,31,33,36,39H,4-5,8-9,18-19,21-22H2,1-3H3. The lowest BCUT2D eigenvalue weighted by Gasteiger charge is -2.31. The summed E-state index contributed by atoms with van der Waals surface area (Å²) in [4.78, 5) is 41.5. The van der Waals surface area contributed by atoms with E-state index in [1.54, 1.807) is 19.9 Å². The Morgan fingerprint density at radius 3 is 2.54 bits per heavy atom. The van der Waals surface area contributed by atoms with Gasteiger partial charge in [0.05, 0.1) is 24.2 Å².